The van der Waals surface area contributed by atoms with Crippen molar-refractivity contribution < 1.29 is 0 Å². The van der Waals surface area contributed by atoms with Gasteiger partial charge in [-0.25, -0.2) is 4.98 Å². The van der Waals surface area contributed by atoms with Gasteiger partial charge >= 0.3 is 0 Å². The molecule has 0 saturated heterocycles. The molecule has 4 rings (SSSR count). The van der Waals surface area contributed by atoms with Crippen LogP contribution in [0, 0.1) is 0 Å². The smallest absolute Gasteiger partial charge is 0.261 e. The molecule has 0 bridgehead atoms. The number of anilines is 1. The van der Waals surface area contributed by atoms with Gasteiger partial charge in [0.1, 0.15) is 5.82 Å². The Morgan fingerprint density at radius 2 is 1.83 bits per heavy atom. The molecular formula is C20H21N3O. The van der Waals surface area contributed by atoms with Crippen LogP contribution in [0.3, 0.4) is 0 Å². The molecule has 3 aromatic rings. The monoisotopic (exact) mass is 319 g/mol. The zero-order valence-electron chi connectivity index (χ0n) is 13.9. The first-order valence-corrected chi connectivity index (χ1v) is 8.51. The van der Waals surface area contributed by atoms with Gasteiger partial charge in [-0.1, -0.05) is 30.3 Å². The van der Waals surface area contributed by atoms with E-state index in [4.69, 9.17) is 4.98 Å². The number of aryl methyl sites for hydroxylation is 1. The summed E-state index contributed by atoms with van der Waals surface area (Å²) in [7, 11) is 1.82. The second-order valence-corrected chi connectivity index (χ2v) is 6.42. The van der Waals surface area contributed by atoms with Gasteiger partial charge in [0.15, 0.2) is 0 Å². The molecule has 0 amide bonds. The molecule has 4 nitrogen and oxygen atoms in total. The summed E-state index contributed by atoms with van der Waals surface area (Å²) >= 11 is 0. The van der Waals surface area contributed by atoms with E-state index in [0.717, 1.165) is 30.7 Å². The molecule has 24 heavy (non-hydrogen) atoms. The topological polar surface area (TPSA) is 38.1 Å². The third-order valence-corrected chi connectivity index (χ3v) is 4.86. The van der Waals surface area contributed by atoms with Crippen molar-refractivity contribution in [3.8, 4) is 0 Å². The largest absolute Gasteiger partial charge is 0.364 e. The number of para-hydroxylation sites is 2. The molecule has 4 heteroatoms. The fraction of sp³-hybridized carbons (Fsp3) is 0.300. The molecule has 1 aliphatic rings. The zero-order chi connectivity index (χ0) is 16.5. The zero-order valence-corrected chi connectivity index (χ0v) is 13.9. The summed E-state index contributed by atoms with van der Waals surface area (Å²) in [6.07, 6.45) is 3.49. The second kappa shape index (κ2) is 6.11. The number of benzene rings is 2. The fourth-order valence-corrected chi connectivity index (χ4v) is 3.51. The van der Waals surface area contributed by atoms with E-state index in [2.05, 4.69) is 29.2 Å². The Bertz CT molecular complexity index is 945. The summed E-state index contributed by atoms with van der Waals surface area (Å²) < 4.78 is 1.69. The maximum atomic E-state index is 12.6. The van der Waals surface area contributed by atoms with E-state index in [1.807, 2.05) is 31.3 Å². The first-order valence-electron chi connectivity index (χ1n) is 8.51. The molecular weight excluding hydrogens is 298 g/mol. The number of hydrogen-bond acceptors (Lipinski definition) is 3. The van der Waals surface area contributed by atoms with Crippen LogP contribution in [0.15, 0.2) is 53.3 Å². The van der Waals surface area contributed by atoms with Crippen LogP contribution in [0.5, 0.6) is 0 Å². The average Bonchev–Trinajstić information content (AvgIpc) is 2.82. The van der Waals surface area contributed by atoms with Gasteiger partial charge in [0.05, 0.1) is 17.4 Å². The van der Waals surface area contributed by atoms with Gasteiger partial charge in [-0.15, -0.1) is 0 Å². The van der Waals surface area contributed by atoms with Crippen molar-refractivity contribution in [2.75, 3.05) is 11.4 Å². The van der Waals surface area contributed by atoms with Crippen LogP contribution < -0.4 is 10.5 Å². The van der Waals surface area contributed by atoms with E-state index in [1.54, 1.807) is 4.57 Å². The van der Waals surface area contributed by atoms with Gasteiger partial charge in [0.25, 0.3) is 5.56 Å². The van der Waals surface area contributed by atoms with Crippen molar-refractivity contribution in [3.05, 3.63) is 70.3 Å². The van der Waals surface area contributed by atoms with Crippen LogP contribution in [0.1, 0.15) is 24.2 Å². The van der Waals surface area contributed by atoms with E-state index in [-0.39, 0.29) is 5.56 Å². The average molecular weight is 319 g/mol. The van der Waals surface area contributed by atoms with E-state index >= 15 is 0 Å². The van der Waals surface area contributed by atoms with E-state index in [1.165, 1.54) is 17.7 Å². The molecule has 0 spiro atoms. The number of nitrogens with zero attached hydrogens (tertiary/aromatic N) is 3. The minimum Gasteiger partial charge on any atom is -0.364 e. The van der Waals surface area contributed by atoms with Crippen LogP contribution in [0.4, 0.5) is 5.69 Å². The lowest BCUT2D eigenvalue weighted by molar-refractivity contribution is 0.665. The highest BCUT2D eigenvalue weighted by Crippen LogP contribution is 2.27. The second-order valence-electron chi connectivity index (χ2n) is 6.42. The van der Waals surface area contributed by atoms with Crippen LogP contribution in [-0.4, -0.2) is 16.1 Å². The molecule has 0 unspecified atom stereocenters. The normalized spacial score (nSPS) is 14.5. The van der Waals surface area contributed by atoms with Crippen molar-refractivity contribution in [1.29, 1.82) is 0 Å². The third kappa shape index (κ3) is 2.58. The standard InChI is InChI=1S/C20H21N3O/c1-22-19(21-17-11-4-3-10-16(17)20(22)24)14-23-13-7-6-9-15-8-2-5-12-18(15)23/h2-5,8,10-12H,6-7,9,13-14H2,1H3. The first-order chi connectivity index (χ1) is 11.7. The lowest BCUT2D eigenvalue weighted by Crippen LogP contribution is -2.30. The van der Waals surface area contributed by atoms with Crippen LogP contribution in [0.2, 0.25) is 0 Å². The predicted octanol–water partition coefficient (Wildman–Crippen LogP) is 3.28. The Kier molecular flexibility index (Phi) is 3.81. The SMILES string of the molecule is Cn1c(CN2CCCCc3ccccc32)nc2ccccc2c1=O. The van der Waals surface area contributed by atoms with Gasteiger partial charge < -0.3 is 4.90 Å². The molecule has 0 saturated carbocycles. The van der Waals surface area contributed by atoms with Gasteiger partial charge in [0.2, 0.25) is 0 Å². The van der Waals surface area contributed by atoms with Gasteiger partial charge in [-0.3, -0.25) is 9.36 Å². The lowest BCUT2D eigenvalue weighted by Gasteiger charge is -2.25. The first kappa shape index (κ1) is 14.9. The number of rotatable bonds is 2. The Morgan fingerprint density at radius 1 is 1.04 bits per heavy atom. The van der Waals surface area contributed by atoms with Crippen molar-refractivity contribution >= 4 is 16.6 Å². The van der Waals surface area contributed by atoms with Gasteiger partial charge in [0, 0.05) is 19.3 Å². The molecule has 0 aliphatic carbocycles. The summed E-state index contributed by atoms with van der Waals surface area (Å²) in [6.45, 7) is 1.66. The van der Waals surface area contributed by atoms with Crippen LogP contribution >= 0.6 is 0 Å². The van der Waals surface area contributed by atoms with Gasteiger partial charge in [-0.2, -0.15) is 0 Å². The molecule has 0 fully saturated rings. The minimum absolute atomic E-state index is 0.0266. The third-order valence-electron chi connectivity index (χ3n) is 4.86. The highest BCUT2D eigenvalue weighted by molar-refractivity contribution is 5.77. The fourth-order valence-electron chi connectivity index (χ4n) is 3.51. The Hall–Kier alpha value is -2.62. The van der Waals surface area contributed by atoms with E-state index in [0.29, 0.717) is 11.9 Å². The number of fused-ring (bicyclic) bond motifs is 2. The molecule has 1 aliphatic heterocycles. The van der Waals surface area contributed by atoms with Crippen molar-refractivity contribution in [2.24, 2.45) is 7.05 Å². The summed E-state index contributed by atoms with van der Waals surface area (Å²) in [4.78, 5) is 19.7. The predicted molar refractivity (Wildman–Crippen MR) is 97.4 cm³/mol. The highest BCUT2D eigenvalue weighted by Gasteiger charge is 2.17. The van der Waals surface area contributed by atoms with E-state index in [9.17, 15) is 4.79 Å². The molecule has 122 valence electrons. The van der Waals surface area contributed by atoms with Crippen molar-refractivity contribution in [2.45, 2.75) is 25.8 Å². The van der Waals surface area contributed by atoms with E-state index < -0.39 is 0 Å². The van der Waals surface area contributed by atoms with Crippen LogP contribution in [0.25, 0.3) is 10.9 Å². The Balaban J connectivity index is 1.77. The molecule has 1 aromatic heterocycles. The summed E-state index contributed by atoms with van der Waals surface area (Å²) in [5, 5.41) is 0.681. The number of hydrogen-bond donors (Lipinski definition) is 0. The summed E-state index contributed by atoms with van der Waals surface area (Å²) in [5.74, 6) is 0.815. The number of aromatic nitrogens is 2. The Labute approximate surface area is 141 Å². The summed E-state index contributed by atoms with van der Waals surface area (Å²) in [6, 6.07) is 16.2. The molecule has 2 aromatic carbocycles. The summed E-state index contributed by atoms with van der Waals surface area (Å²) in [5.41, 5.74) is 3.47. The molecule has 2 heterocycles. The Morgan fingerprint density at radius 3 is 2.75 bits per heavy atom. The molecule has 0 radical (unpaired) electrons. The van der Waals surface area contributed by atoms with Crippen LogP contribution in [-0.2, 0) is 20.0 Å². The van der Waals surface area contributed by atoms with Gasteiger partial charge in [-0.05, 0) is 43.0 Å². The maximum absolute atomic E-state index is 12.6. The lowest BCUT2D eigenvalue weighted by atomic mass is 10.1. The highest BCUT2D eigenvalue weighted by atomic mass is 16.1. The maximum Gasteiger partial charge on any atom is 0.261 e. The molecule has 0 atom stereocenters. The van der Waals surface area contributed by atoms with Crippen molar-refractivity contribution in [1.82, 2.24) is 9.55 Å². The minimum atomic E-state index is 0.0266. The van der Waals surface area contributed by atoms with Crippen molar-refractivity contribution in [3.63, 3.8) is 0 Å². The molecule has 0 N–H and O–H groups in total. The quantitative estimate of drug-likeness (QED) is 0.727.